The van der Waals surface area contributed by atoms with Crippen molar-refractivity contribution in [3.63, 3.8) is 0 Å². The van der Waals surface area contributed by atoms with Gasteiger partial charge >= 0.3 is 0 Å². The summed E-state index contributed by atoms with van der Waals surface area (Å²) in [6.07, 6.45) is 1.81. The summed E-state index contributed by atoms with van der Waals surface area (Å²) in [6, 6.07) is 5.56. The van der Waals surface area contributed by atoms with E-state index in [0.717, 1.165) is 5.65 Å². The van der Waals surface area contributed by atoms with Gasteiger partial charge in [-0.3, -0.25) is 9.20 Å². The van der Waals surface area contributed by atoms with E-state index in [2.05, 4.69) is 4.98 Å². The number of ether oxygens (including phenoxy) is 1. The molecule has 0 amide bonds. The number of rotatable bonds is 2. The fourth-order valence-electron chi connectivity index (χ4n) is 1.40. The molecule has 0 unspecified atom stereocenters. The molecule has 4 nitrogen and oxygen atoms in total. The molecule has 0 atom stereocenters. The van der Waals surface area contributed by atoms with Crippen molar-refractivity contribution in [2.75, 3.05) is 7.11 Å². The maximum absolute atomic E-state index is 11.2. The smallest absolute Gasteiger partial charge is 0.229 e. The molecule has 0 N–H and O–H groups in total. The fraction of sp³-hybridized carbons (Fsp3) is 0.200. The van der Waals surface area contributed by atoms with Crippen LogP contribution in [-0.2, 0) is 0 Å². The van der Waals surface area contributed by atoms with E-state index in [1.807, 2.05) is 24.4 Å². The first-order valence-electron chi connectivity index (χ1n) is 4.26. The van der Waals surface area contributed by atoms with Crippen LogP contribution in [0, 0.1) is 0 Å². The number of methoxy groups -OCH3 is 1. The molecule has 4 heteroatoms. The van der Waals surface area contributed by atoms with E-state index in [-0.39, 0.29) is 5.78 Å². The van der Waals surface area contributed by atoms with Crippen LogP contribution in [0.4, 0.5) is 0 Å². The lowest BCUT2D eigenvalue weighted by Gasteiger charge is -1.99. The van der Waals surface area contributed by atoms with Gasteiger partial charge in [-0.2, -0.15) is 0 Å². The molecule has 2 aromatic heterocycles. The van der Waals surface area contributed by atoms with E-state index in [1.165, 1.54) is 14.0 Å². The Balaban J connectivity index is 2.78. The monoisotopic (exact) mass is 190 g/mol. The van der Waals surface area contributed by atoms with Crippen molar-refractivity contribution in [1.29, 1.82) is 0 Å². The van der Waals surface area contributed by atoms with E-state index in [0.29, 0.717) is 11.6 Å². The zero-order valence-electron chi connectivity index (χ0n) is 8.02. The summed E-state index contributed by atoms with van der Waals surface area (Å²) >= 11 is 0. The van der Waals surface area contributed by atoms with Crippen LogP contribution in [0.2, 0.25) is 0 Å². The predicted molar refractivity (Wildman–Crippen MR) is 51.7 cm³/mol. The number of carbonyl (C=O) groups excluding carboxylic acids is 1. The number of nitrogens with zero attached hydrogens (tertiary/aromatic N) is 2. The van der Waals surface area contributed by atoms with Gasteiger partial charge in [-0.05, 0) is 12.1 Å². The van der Waals surface area contributed by atoms with Crippen LogP contribution in [0.5, 0.6) is 5.88 Å². The Bertz CT molecular complexity index is 488. The number of pyridine rings is 1. The average molecular weight is 190 g/mol. The van der Waals surface area contributed by atoms with Crippen molar-refractivity contribution in [2.45, 2.75) is 6.92 Å². The van der Waals surface area contributed by atoms with Gasteiger partial charge in [0.2, 0.25) is 5.88 Å². The number of imidazole rings is 1. The van der Waals surface area contributed by atoms with Crippen molar-refractivity contribution < 1.29 is 9.53 Å². The third-order valence-electron chi connectivity index (χ3n) is 2.01. The van der Waals surface area contributed by atoms with Gasteiger partial charge in [0.1, 0.15) is 5.65 Å². The molecule has 0 radical (unpaired) electrons. The zero-order chi connectivity index (χ0) is 10.1. The molecule has 0 aliphatic rings. The highest BCUT2D eigenvalue weighted by Gasteiger charge is 2.15. The third-order valence-corrected chi connectivity index (χ3v) is 2.01. The maximum atomic E-state index is 11.2. The highest BCUT2D eigenvalue weighted by molar-refractivity contribution is 5.95. The Labute approximate surface area is 81.1 Å². The van der Waals surface area contributed by atoms with Gasteiger partial charge in [-0.1, -0.05) is 6.07 Å². The molecular weight excluding hydrogens is 180 g/mol. The summed E-state index contributed by atoms with van der Waals surface area (Å²) < 4.78 is 6.89. The molecule has 0 aliphatic carbocycles. The number of Topliss-reactive ketones (excluding diaryl/α,β-unsaturated/α-hetero) is 1. The van der Waals surface area contributed by atoms with Gasteiger partial charge < -0.3 is 4.74 Å². The van der Waals surface area contributed by atoms with E-state index >= 15 is 0 Å². The number of carbonyl (C=O) groups is 1. The first-order chi connectivity index (χ1) is 6.74. The van der Waals surface area contributed by atoms with Crippen LogP contribution in [0.25, 0.3) is 5.65 Å². The summed E-state index contributed by atoms with van der Waals surface area (Å²) in [5.41, 5.74) is 1.09. The minimum atomic E-state index is -0.0921. The van der Waals surface area contributed by atoms with Gasteiger partial charge in [0, 0.05) is 13.1 Å². The van der Waals surface area contributed by atoms with Crippen LogP contribution in [-0.4, -0.2) is 22.3 Å². The minimum absolute atomic E-state index is 0.0921. The summed E-state index contributed by atoms with van der Waals surface area (Å²) in [6.45, 7) is 1.48. The van der Waals surface area contributed by atoms with E-state index < -0.39 is 0 Å². The van der Waals surface area contributed by atoms with Gasteiger partial charge in [0.25, 0.3) is 0 Å². The molecule has 0 fully saturated rings. The van der Waals surface area contributed by atoms with Crippen LogP contribution < -0.4 is 4.74 Å². The van der Waals surface area contributed by atoms with Crippen molar-refractivity contribution in [2.24, 2.45) is 0 Å². The second-order valence-corrected chi connectivity index (χ2v) is 2.95. The standard InChI is InChI=1S/C10H10N2O2/c1-7(13)9-10(14-2)12-6-4-3-5-8(12)11-9/h3-6H,1-2H3. The van der Waals surface area contributed by atoms with Crippen LogP contribution >= 0.6 is 0 Å². The third kappa shape index (κ3) is 1.16. The lowest BCUT2D eigenvalue weighted by atomic mass is 10.3. The van der Waals surface area contributed by atoms with E-state index in [4.69, 9.17) is 4.74 Å². The minimum Gasteiger partial charge on any atom is -0.480 e. The molecule has 0 bridgehead atoms. The number of aromatic nitrogens is 2. The van der Waals surface area contributed by atoms with Gasteiger partial charge in [0.05, 0.1) is 7.11 Å². The molecule has 14 heavy (non-hydrogen) atoms. The molecule has 0 saturated carbocycles. The predicted octanol–water partition coefficient (Wildman–Crippen LogP) is 1.55. The normalized spacial score (nSPS) is 10.4. The Morgan fingerprint density at radius 1 is 1.50 bits per heavy atom. The zero-order valence-corrected chi connectivity index (χ0v) is 8.02. The lowest BCUT2D eigenvalue weighted by Crippen LogP contribution is -1.97. The molecular formula is C10H10N2O2. The Hall–Kier alpha value is -1.84. The molecule has 2 rings (SSSR count). The lowest BCUT2D eigenvalue weighted by molar-refractivity contribution is 0.101. The summed E-state index contributed by atoms with van der Waals surface area (Å²) in [5, 5.41) is 0. The Morgan fingerprint density at radius 2 is 2.29 bits per heavy atom. The SMILES string of the molecule is COc1c(C(C)=O)nc2ccccn12. The number of hydrogen-bond donors (Lipinski definition) is 0. The quantitative estimate of drug-likeness (QED) is 0.675. The second-order valence-electron chi connectivity index (χ2n) is 2.95. The van der Waals surface area contributed by atoms with Crippen molar-refractivity contribution >= 4 is 11.4 Å². The van der Waals surface area contributed by atoms with Gasteiger partial charge in [-0.25, -0.2) is 4.98 Å². The Morgan fingerprint density at radius 3 is 2.93 bits per heavy atom. The Kier molecular flexibility index (Phi) is 1.96. The molecule has 2 heterocycles. The fourth-order valence-corrected chi connectivity index (χ4v) is 1.40. The van der Waals surface area contributed by atoms with E-state index in [1.54, 1.807) is 4.40 Å². The summed E-state index contributed by atoms with van der Waals surface area (Å²) in [5.74, 6) is 0.402. The van der Waals surface area contributed by atoms with Crippen molar-refractivity contribution in [3.05, 3.63) is 30.1 Å². The maximum Gasteiger partial charge on any atom is 0.229 e. The highest BCUT2D eigenvalue weighted by atomic mass is 16.5. The number of hydrogen-bond acceptors (Lipinski definition) is 3. The first-order valence-corrected chi connectivity index (χ1v) is 4.26. The molecule has 72 valence electrons. The van der Waals surface area contributed by atoms with E-state index in [9.17, 15) is 4.79 Å². The molecule has 0 spiro atoms. The van der Waals surface area contributed by atoms with Crippen LogP contribution in [0.3, 0.4) is 0 Å². The average Bonchev–Trinajstić information content (AvgIpc) is 2.56. The number of ketones is 1. The second kappa shape index (κ2) is 3.14. The van der Waals surface area contributed by atoms with Crippen LogP contribution in [0.15, 0.2) is 24.4 Å². The molecule has 0 aromatic carbocycles. The van der Waals surface area contributed by atoms with Gasteiger partial charge in [-0.15, -0.1) is 0 Å². The van der Waals surface area contributed by atoms with Gasteiger partial charge in [0.15, 0.2) is 11.5 Å². The first kappa shape index (κ1) is 8.74. The number of fused-ring (bicyclic) bond motifs is 1. The topological polar surface area (TPSA) is 43.6 Å². The highest BCUT2D eigenvalue weighted by Crippen LogP contribution is 2.20. The molecule has 2 aromatic rings. The van der Waals surface area contributed by atoms with Crippen molar-refractivity contribution in [1.82, 2.24) is 9.38 Å². The largest absolute Gasteiger partial charge is 0.480 e. The van der Waals surface area contributed by atoms with Crippen LogP contribution in [0.1, 0.15) is 17.4 Å². The summed E-state index contributed by atoms with van der Waals surface area (Å²) in [7, 11) is 1.53. The van der Waals surface area contributed by atoms with Crippen molar-refractivity contribution in [3.8, 4) is 5.88 Å². The summed E-state index contributed by atoms with van der Waals surface area (Å²) in [4.78, 5) is 15.4. The molecule has 0 saturated heterocycles. The molecule has 0 aliphatic heterocycles.